The Bertz CT molecular complexity index is 836. The first-order valence-corrected chi connectivity index (χ1v) is 10.5. The summed E-state index contributed by atoms with van der Waals surface area (Å²) in [6.45, 7) is 4.30. The molecule has 4 rings (SSSR count). The van der Waals surface area contributed by atoms with Crippen LogP contribution in [0.25, 0.3) is 0 Å². The number of piperidine rings is 1. The van der Waals surface area contributed by atoms with Gasteiger partial charge in [-0.3, -0.25) is 9.59 Å². The lowest BCUT2D eigenvalue weighted by Crippen LogP contribution is -2.30. The Kier molecular flexibility index (Phi) is 5.98. The predicted molar refractivity (Wildman–Crippen MR) is 118 cm³/mol. The number of hydrogen-bond acceptors (Lipinski definition) is 4. The average Bonchev–Trinajstić information content (AvgIpc) is 3.30. The number of carbonyl (C=O) groups excluding carboxylic acids is 2. The fourth-order valence-electron chi connectivity index (χ4n) is 4.01. The summed E-state index contributed by atoms with van der Waals surface area (Å²) < 4.78 is 0. The van der Waals surface area contributed by atoms with Crippen molar-refractivity contribution in [3.05, 3.63) is 48.5 Å². The molecule has 2 fully saturated rings. The molecule has 2 aromatic rings. The fraction of sp³-hybridized carbons (Fsp3) is 0.391. The zero-order chi connectivity index (χ0) is 20.1. The van der Waals surface area contributed by atoms with Crippen molar-refractivity contribution in [3.8, 4) is 0 Å². The van der Waals surface area contributed by atoms with Gasteiger partial charge in [0.05, 0.1) is 0 Å². The molecule has 2 N–H and O–H groups in total. The Balaban J connectivity index is 1.30. The fourth-order valence-corrected chi connectivity index (χ4v) is 4.01. The molecule has 2 saturated heterocycles. The molecule has 0 bridgehead atoms. The maximum absolute atomic E-state index is 12.2. The van der Waals surface area contributed by atoms with Gasteiger partial charge in [-0.2, -0.15) is 0 Å². The maximum atomic E-state index is 12.2. The van der Waals surface area contributed by atoms with Crippen molar-refractivity contribution in [2.24, 2.45) is 0 Å². The molecule has 0 aliphatic carbocycles. The van der Waals surface area contributed by atoms with Crippen molar-refractivity contribution < 1.29 is 9.59 Å². The Morgan fingerprint density at radius 2 is 0.897 bits per heavy atom. The first-order valence-electron chi connectivity index (χ1n) is 10.5. The summed E-state index contributed by atoms with van der Waals surface area (Å²) >= 11 is 0. The average molecular weight is 393 g/mol. The minimum atomic E-state index is -0.668. The molecular weight excluding hydrogens is 364 g/mol. The van der Waals surface area contributed by atoms with E-state index in [0.29, 0.717) is 11.4 Å². The number of hydrogen-bond donors (Lipinski definition) is 2. The second-order valence-electron chi connectivity index (χ2n) is 7.74. The van der Waals surface area contributed by atoms with Crippen LogP contribution in [0, 0.1) is 0 Å². The standard InChI is InChI=1S/C23H28N4O2/c28-22(24-18-6-10-20(11-7-18)26-14-2-1-3-15-26)23(29)25-19-8-12-21(13-9-19)27-16-4-5-17-27/h6-13H,1-5,14-17H2,(H,24,28)(H,25,29). The number of nitrogens with zero attached hydrogens (tertiary/aromatic N) is 2. The molecule has 0 saturated carbocycles. The van der Waals surface area contributed by atoms with Gasteiger partial charge in [0.1, 0.15) is 0 Å². The predicted octanol–water partition coefficient (Wildman–Crippen LogP) is 3.85. The highest BCUT2D eigenvalue weighted by atomic mass is 16.2. The highest BCUT2D eigenvalue weighted by molar-refractivity contribution is 6.43. The van der Waals surface area contributed by atoms with Crippen molar-refractivity contribution in [2.45, 2.75) is 32.1 Å². The van der Waals surface area contributed by atoms with Gasteiger partial charge in [0, 0.05) is 48.9 Å². The molecule has 2 heterocycles. The number of anilines is 4. The lowest BCUT2D eigenvalue weighted by molar-refractivity contribution is -0.132. The largest absolute Gasteiger partial charge is 0.372 e. The van der Waals surface area contributed by atoms with E-state index in [4.69, 9.17) is 0 Å². The Morgan fingerprint density at radius 3 is 1.28 bits per heavy atom. The molecule has 0 spiro atoms. The second-order valence-corrected chi connectivity index (χ2v) is 7.74. The Morgan fingerprint density at radius 1 is 0.552 bits per heavy atom. The van der Waals surface area contributed by atoms with Crippen LogP contribution in [-0.2, 0) is 9.59 Å². The summed E-state index contributed by atoms with van der Waals surface area (Å²) in [5.74, 6) is -1.33. The van der Waals surface area contributed by atoms with Crippen LogP contribution >= 0.6 is 0 Å². The SMILES string of the molecule is O=C(Nc1ccc(N2CCCCC2)cc1)C(=O)Nc1ccc(N2CCCC2)cc1. The Labute approximate surface area is 171 Å². The van der Waals surface area contributed by atoms with Gasteiger partial charge < -0.3 is 20.4 Å². The van der Waals surface area contributed by atoms with Gasteiger partial charge in [0.15, 0.2) is 0 Å². The van der Waals surface area contributed by atoms with Gasteiger partial charge in [-0.1, -0.05) is 0 Å². The quantitative estimate of drug-likeness (QED) is 0.776. The summed E-state index contributed by atoms with van der Waals surface area (Å²) in [5, 5.41) is 5.34. The molecular formula is C23H28N4O2. The van der Waals surface area contributed by atoms with E-state index in [1.165, 1.54) is 32.1 Å². The van der Waals surface area contributed by atoms with E-state index in [1.807, 2.05) is 48.5 Å². The number of amides is 2. The molecule has 0 aromatic heterocycles. The van der Waals surface area contributed by atoms with Crippen LogP contribution in [0.3, 0.4) is 0 Å². The van der Waals surface area contributed by atoms with Gasteiger partial charge in [-0.25, -0.2) is 0 Å². The van der Waals surface area contributed by atoms with Crippen LogP contribution in [0.2, 0.25) is 0 Å². The van der Waals surface area contributed by atoms with E-state index < -0.39 is 11.8 Å². The first-order chi connectivity index (χ1) is 14.2. The number of rotatable bonds is 4. The highest BCUT2D eigenvalue weighted by Crippen LogP contribution is 2.23. The zero-order valence-electron chi connectivity index (χ0n) is 16.7. The number of benzene rings is 2. The molecule has 0 radical (unpaired) electrons. The van der Waals surface area contributed by atoms with Gasteiger partial charge >= 0.3 is 11.8 Å². The third-order valence-corrected chi connectivity index (χ3v) is 5.65. The van der Waals surface area contributed by atoms with Crippen molar-refractivity contribution in [1.82, 2.24) is 0 Å². The lowest BCUT2D eigenvalue weighted by Gasteiger charge is -2.28. The smallest absolute Gasteiger partial charge is 0.314 e. The van der Waals surface area contributed by atoms with E-state index in [0.717, 1.165) is 37.6 Å². The van der Waals surface area contributed by atoms with Gasteiger partial charge in [-0.15, -0.1) is 0 Å². The van der Waals surface area contributed by atoms with Crippen molar-refractivity contribution in [3.63, 3.8) is 0 Å². The zero-order valence-corrected chi connectivity index (χ0v) is 16.7. The second kappa shape index (κ2) is 8.99. The minimum Gasteiger partial charge on any atom is -0.372 e. The minimum absolute atomic E-state index is 0.619. The van der Waals surface area contributed by atoms with E-state index in [1.54, 1.807) is 0 Å². The molecule has 152 valence electrons. The van der Waals surface area contributed by atoms with Crippen LogP contribution < -0.4 is 20.4 Å². The number of carbonyl (C=O) groups is 2. The summed E-state index contributed by atoms with van der Waals surface area (Å²) in [7, 11) is 0. The van der Waals surface area contributed by atoms with E-state index in [-0.39, 0.29) is 0 Å². The molecule has 6 nitrogen and oxygen atoms in total. The monoisotopic (exact) mass is 392 g/mol. The van der Waals surface area contributed by atoms with Crippen molar-refractivity contribution in [2.75, 3.05) is 46.6 Å². The van der Waals surface area contributed by atoms with E-state index in [2.05, 4.69) is 20.4 Å². The number of nitrogens with one attached hydrogen (secondary N) is 2. The summed E-state index contributed by atoms with van der Waals surface area (Å²) in [4.78, 5) is 29.1. The molecule has 2 aromatic carbocycles. The lowest BCUT2D eigenvalue weighted by atomic mass is 10.1. The van der Waals surface area contributed by atoms with Crippen molar-refractivity contribution >= 4 is 34.6 Å². The van der Waals surface area contributed by atoms with Gasteiger partial charge in [0.2, 0.25) is 0 Å². The molecule has 6 heteroatoms. The first kappa shape index (κ1) is 19.3. The van der Waals surface area contributed by atoms with E-state index in [9.17, 15) is 9.59 Å². The highest BCUT2D eigenvalue weighted by Gasteiger charge is 2.16. The van der Waals surface area contributed by atoms with Crippen LogP contribution in [0.4, 0.5) is 22.7 Å². The van der Waals surface area contributed by atoms with Gasteiger partial charge in [-0.05, 0) is 80.6 Å². The van der Waals surface area contributed by atoms with Crippen LogP contribution in [0.5, 0.6) is 0 Å². The van der Waals surface area contributed by atoms with E-state index >= 15 is 0 Å². The summed E-state index contributed by atoms with van der Waals surface area (Å²) in [5.41, 5.74) is 3.55. The topological polar surface area (TPSA) is 64.7 Å². The molecule has 2 amide bonds. The third-order valence-electron chi connectivity index (χ3n) is 5.65. The van der Waals surface area contributed by atoms with Gasteiger partial charge in [0.25, 0.3) is 0 Å². The van der Waals surface area contributed by atoms with Crippen LogP contribution in [0.15, 0.2) is 48.5 Å². The summed E-state index contributed by atoms with van der Waals surface area (Å²) in [6, 6.07) is 15.3. The Hall–Kier alpha value is -3.02. The molecule has 2 aliphatic heterocycles. The molecule has 0 unspecified atom stereocenters. The molecule has 29 heavy (non-hydrogen) atoms. The summed E-state index contributed by atoms with van der Waals surface area (Å²) in [6.07, 6.45) is 6.17. The maximum Gasteiger partial charge on any atom is 0.314 e. The van der Waals surface area contributed by atoms with Crippen molar-refractivity contribution in [1.29, 1.82) is 0 Å². The third kappa shape index (κ3) is 4.88. The van der Waals surface area contributed by atoms with Crippen LogP contribution in [-0.4, -0.2) is 38.0 Å². The normalized spacial score (nSPS) is 16.6. The molecule has 0 atom stereocenters. The molecule has 2 aliphatic rings. The van der Waals surface area contributed by atoms with Crippen LogP contribution in [0.1, 0.15) is 32.1 Å².